The van der Waals surface area contributed by atoms with Crippen molar-refractivity contribution >= 4 is 34.0 Å². The lowest BCUT2D eigenvalue weighted by Gasteiger charge is -2.07. The van der Waals surface area contributed by atoms with Crippen LogP contribution in [0.25, 0.3) is 11.4 Å². The number of hydrogen-bond acceptors (Lipinski definition) is 6. The molecule has 0 aliphatic heterocycles. The summed E-state index contributed by atoms with van der Waals surface area (Å²) in [6.07, 6.45) is 0. The van der Waals surface area contributed by atoms with Gasteiger partial charge in [0.25, 0.3) is 0 Å². The van der Waals surface area contributed by atoms with Crippen LogP contribution in [0.3, 0.4) is 0 Å². The highest BCUT2D eigenvalue weighted by molar-refractivity contribution is 7.83. The van der Waals surface area contributed by atoms with E-state index >= 15 is 0 Å². The summed E-state index contributed by atoms with van der Waals surface area (Å²) in [5.41, 5.74) is 1.40. The number of nitrogens with zero attached hydrogens (tertiary/aromatic N) is 2. The van der Waals surface area contributed by atoms with Crippen LogP contribution in [0.4, 0.5) is 0 Å². The molecule has 0 fully saturated rings. The van der Waals surface area contributed by atoms with Gasteiger partial charge in [0.2, 0.25) is 11.7 Å². The third-order valence-corrected chi connectivity index (χ3v) is 5.52. The Balaban J connectivity index is 1.73. The molecule has 27 heavy (non-hydrogen) atoms. The van der Waals surface area contributed by atoms with E-state index in [-0.39, 0.29) is 17.4 Å². The maximum atomic E-state index is 12.4. The van der Waals surface area contributed by atoms with Gasteiger partial charge in [-0.05, 0) is 29.8 Å². The quantitative estimate of drug-likeness (QED) is 0.553. The van der Waals surface area contributed by atoms with Crippen molar-refractivity contribution in [2.45, 2.75) is 11.5 Å². The minimum Gasteiger partial charge on any atom is -0.497 e. The maximum absolute atomic E-state index is 12.4. The smallest absolute Gasteiger partial charge is 0.239 e. The molecule has 9 heteroatoms. The predicted octanol–water partition coefficient (Wildman–Crippen LogP) is 4.51. The number of aromatic nitrogens is 2. The van der Waals surface area contributed by atoms with Gasteiger partial charge in [-0.15, -0.1) is 0 Å². The van der Waals surface area contributed by atoms with Gasteiger partial charge in [-0.2, -0.15) is 4.98 Å². The molecule has 3 aromatic rings. The van der Waals surface area contributed by atoms with Gasteiger partial charge in [0, 0.05) is 26.9 Å². The van der Waals surface area contributed by atoms with Gasteiger partial charge in [-0.25, -0.2) is 0 Å². The van der Waals surface area contributed by atoms with E-state index in [1.54, 1.807) is 50.6 Å². The normalized spacial score (nSPS) is 12.0. The van der Waals surface area contributed by atoms with E-state index in [9.17, 15) is 4.21 Å². The van der Waals surface area contributed by atoms with Crippen LogP contribution in [0, 0.1) is 0 Å². The van der Waals surface area contributed by atoms with Crippen molar-refractivity contribution in [3.8, 4) is 22.9 Å². The molecule has 1 heterocycles. The van der Waals surface area contributed by atoms with E-state index in [2.05, 4.69) is 10.1 Å². The van der Waals surface area contributed by atoms with Gasteiger partial charge in [0.15, 0.2) is 0 Å². The average Bonchev–Trinajstić information content (AvgIpc) is 3.11. The average molecular weight is 427 g/mol. The van der Waals surface area contributed by atoms with Gasteiger partial charge in [0.1, 0.15) is 17.3 Å². The van der Waals surface area contributed by atoms with E-state index in [1.165, 1.54) is 0 Å². The fourth-order valence-electron chi connectivity index (χ4n) is 2.41. The van der Waals surface area contributed by atoms with Crippen molar-refractivity contribution in [2.75, 3.05) is 14.2 Å². The summed E-state index contributed by atoms with van der Waals surface area (Å²) in [5.74, 6) is 2.21. The molecule has 1 aromatic heterocycles. The summed E-state index contributed by atoms with van der Waals surface area (Å²) in [4.78, 5) is 4.32. The summed E-state index contributed by atoms with van der Waals surface area (Å²) in [5, 5.41) is 4.96. The van der Waals surface area contributed by atoms with Crippen molar-refractivity contribution in [3.05, 3.63) is 57.9 Å². The molecule has 1 atom stereocenters. The second-order valence-corrected chi connectivity index (χ2v) is 7.84. The molecule has 0 radical (unpaired) electrons. The van der Waals surface area contributed by atoms with Crippen molar-refractivity contribution < 1.29 is 18.2 Å². The van der Waals surface area contributed by atoms with E-state index in [0.717, 1.165) is 5.56 Å². The van der Waals surface area contributed by atoms with E-state index < -0.39 is 10.8 Å². The maximum Gasteiger partial charge on any atom is 0.239 e. The van der Waals surface area contributed by atoms with Gasteiger partial charge < -0.3 is 14.0 Å². The summed E-state index contributed by atoms with van der Waals surface area (Å²) < 4.78 is 28.2. The zero-order valence-corrected chi connectivity index (χ0v) is 16.9. The topological polar surface area (TPSA) is 74.5 Å². The monoisotopic (exact) mass is 426 g/mol. The molecule has 0 unspecified atom stereocenters. The first-order valence-corrected chi connectivity index (χ1v) is 10.1. The Morgan fingerprint density at radius 2 is 1.89 bits per heavy atom. The first-order valence-electron chi connectivity index (χ1n) is 7.84. The van der Waals surface area contributed by atoms with Crippen molar-refractivity contribution in [3.63, 3.8) is 0 Å². The van der Waals surface area contributed by atoms with Crippen LogP contribution in [0.2, 0.25) is 10.0 Å². The SMILES string of the molecule is COc1ccc(-c2noc(C[S@](=O)Cc3ccc(Cl)cc3Cl)n2)c(OC)c1. The van der Waals surface area contributed by atoms with Crippen LogP contribution in [0.5, 0.6) is 11.5 Å². The first kappa shape index (κ1) is 19.7. The Morgan fingerprint density at radius 1 is 1.07 bits per heavy atom. The Kier molecular flexibility index (Phi) is 6.36. The largest absolute Gasteiger partial charge is 0.497 e. The first-order chi connectivity index (χ1) is 13.0. The third kappa shape index (κ3) is 4.80. The highest BCUT2D eigenvalue weighted by Gasteiger charge is 2.16. The number of methoxy groups -OCH3 is 2. The molecule has 0 N–H and O–H groups in total. The fourth-order valence-corrected chi connectivity index (χ4v) is 4.05. The van der Waals surface area contributed by atoms with E-state index in [1.807, 2.05) is 0 Å². The number of rotatable bonds is 7. The fraction of sp³-hybridized carbons (Fsp3) is 0.222. The Bertz CT molecular complexity index is 978. The van der Waals surface area contributed by atoms with Crippen molar-refractivity contribution in [2.24, 2.45) is 0 Å². The zero-order chi connectivity index (χ0) is 19.4. The van der Waals surface area contributed by atoms with Gasteiger partial charge >= 0.3 is 0 Å². The minimum absolute atomic E-state index is 0.116. The number of benzene rings is 2. The molecular weight excluding hydrogens is 411 g/mol. The lowest BCUT2D eigenvalue weighted by atomic mass is 10.2. The Morgan fingerprint density at radius 3 is 2.59 bits per heavy atom. The summed E-state index contributed by atoms with van der Waals surface area (Å²) in [6, 6.07) is 10.4. The molecule has 0 aliphatic rings. The highest BCUT2D eigenvalue weighted by atomic mass is 35.5. The zero-order valence-electron chi connectivity index (χ0n) is 14.6. The van der Waals surface area contributed by atoms with E-state index in [4.69, 9.17) is 37.2 Å². The number of hydrogen-bond donors (Lipinski definition) is 0. The van der Waals surface area contributed by atoms with E-state index in [0.29, 0.717) is 32.9 Å². The van der Waals surface area contributed by atoms with Crippen LogP contribution < -0.4 is 9.47 Å². The summed E-state index contributed by atoms with van der Waals surface area (Å²) in [7, 11) is 1.85. The second-order valence-electron chi connectivity index (χ2n) is 5.54. The second kappa shape index (κ2) is 8.73. The van der Waals surface area contributed by atoms with Gasteiger partial charge in [0.05, 0.1) is 25.5 Å². The number of halogens is 2. The lowest BCUT2D eigenvalue weighted by molar-refractivity contribution is 0.387. The van der Waals surface area contributed by atoms with Gasteiger partial charge in [-0.3, -0.25) is 4.21 Å². The standard InChI is InChI=1S/C18H16Cl2N2O4S/c1-24-13-5-6-14(16(8-13)25-2)18-21-17(26-22-18)10-27(23)9-11-3-4-12(19)7-15(11)20/h3-8H,9-10H2,1-2H3/t27-/m1/s1. The molecule has 6 nitrogen and oxygen atoms in total. The predicted molar refractivity (Wildman–Crippen MR) is 105 cm³/mol. The van der Waals surface area contributed by atoms with Gasteiger partial charge in [-0.1, -0.05) is 34.4 Å². The summed E-state index contributed by atoms with van der Waals surface area (Å²) in [6.45, 7) is 0. The molecule has 0 aliphatic carbocycles. The van der Waals surface area contributed by atoms with Crippen LogP contribution >= 0.6 is 23.2 Å². The third-order valence-electron chi connectivity index (χ3n) is 3.73. The molecule has 0 saturated heterocycles. The molecule has 0 amide bonds. The molecule has 2 aromatic carbocycles. The molecular formula is C18H16Cl2N2O4S. The molecule has 142 valence electrons. The van der Waals surface area contributed by atoms with Crippen molar-refractivity contribution in [1.82, 2.24) is 10.1 Å². The molecule has 0 saturated carbocycles. The lowest BCUT2D eigenvalue weighted by Crippen LogP contribution is -2.00. The van der Waals surface area contributed by atoms with Crippen LogP contribution in [-0.4, -0.2) is 28.6 Å². The molecule has 0 bridgehead atoms. The minimum atomic E-state index is -1.27. The highest BCUT2D eigenvalue weighted by Crippen LogP contribution is 2.31. The van der Waals surface area contributed by atoms with Crippen molar-refractivity contribution in [1.29, 1.82) is 0 Å². The Hall–Kier alpha value is -2.09. The van der Waals surface area contributed by atoms with Crippen LogP contribution in [0.15, 0.2) is 40.9 Å². The van der Waals surface area contributed by atoms with Crippen LogP contribution in [0.1, 0.15) is 11.5 Å². The Labute approximate surface area is 168 Å². The summed E-state index contributed by atoms with van der Waals surface area (Å²) >= 11 is 12.0. The van der Waals surface area contributed by atoms with Crippen LogP contribution in [-0.2, 0) is 22.3 Å². The molecule has 0 spiro atoms. The number of ether oxygens (including phenoxy) is 2. The molecule has 3 rings (SSSR count).